The number of ether oxygens (including phenoxy) is 2. The third kappa shape index (κ3) is 10.8. The van der Waals surface area contributed by atoms with Gasteiger partial charge in [0.2, 0.25) is 0 Å². The zero-order valence-corrected chi connectivity index (χ0v) is 24.0. The number of hydrogen-bond acceptors (Lipinski definition) is 10. The van der Waals surface area contributed by atoms with Crippen LogP contribution in [0.2, 0.25) is 0 Å². The molecule has 0 aliphatic heterocycles. The van der Waals surface area contributed by atoms with Crippen LogP contribution in [0.3, 0.4) is 0 Å². The first kappa shape index (κ1) is 31.9. The summed E-state index contributed by atoms with van der Waals surface area (Å²) in [6.45, 7) is 17.1. The van der Waals surface area contributed by atoms with Crippen LogP contribution in [0.1, 0.15) is 61.8 Å². The van der Waals surface area contributed by atoms with Crippen molar-refractivity contribution in [1.82, 2.24) is 0 Å². The Hall–Kier alpha value is -1.13. The Bertz CT molecular complexity index is 514. The molecular formula is C21H44O10Si2. The van der Waals surface area contributed by atoms with Crippen LogP contribution < -0.4 is 0 Å². The van der Waals surface area contributed by atoms with Crippen molar-refractivity contribution in [2.24, 2.45) is 0 Å². The molecule has 0 spiro atoms. The molecule has 0 atom stereocenters. The van der Waals surface area contributed by atoms with Gasteiger partial charge in [0.1, 0.15) is 0 Å². The zero-order chi connectivity index (χ0) is 25.3. The van der Waals surface area contributed by atoms with Crippen LogP contribution in [0.25, 0.3) is 0 Å². The summed E-state index contributed by atoms with van der Waals surface area (Å²) in [7, 11) is -3.79. The molecule has 10 nitrogen and oxygen atoms in total. The summed E-state index contributed by atoms with van der Waals surface area (Å²) in [5.41, 5.74) is 1.53. The van der Waals surface area contributed by atoms with E-state index in [4.69, 9.17) is 44.9 Å². The van der Waals surface area contributed by atoms with E-state index in [2.05, 4.69) is 0 Å². The topological polar surface area (TPSA) is 92.3 Å². The van der Waals surface area contributed by atoms with Gasteiger partial charge in [0.25, 0.3) is 11.9 Å². The number of hydrogen-bond donors (Lipinski definition) is 0. The van der Waals surface area contributed by atoms with Crippen molar-refractivity contribution in [1.29, 1.82) is 0 Å². The molecule has 0 saturated heterocycles. The van der Waals surface area contributed by atoms with E-state index in [1.807, 2.05) is 55.4 Å². The SMILES string of the molecule is CCO[Si](OCC)(OCC)O/C(OC)=C(\C)C/C(C)=C(\OC)O[Si](OCC)(OCC)OCC. The maximum Gasteiger partial charge on any atom is 0.751 e. The van der Waals surface area contributed by atoms with Crippen LogP contribution in [0.5, 0.6) is 0 Å². The molecule has 0 aromatic rings. The molecule has 0 aromatic heterocycles. The van der Waals surface area contributed by atoms with Crippen LogP contribution in [0, 0.1) is 0 Å². The van der Waals surface area contributed by atoms with Crippen LogP contribution in [0.4, 0.5) is 0 Å². The van der Waals surface area contributed by atoms with Gasteiger partial charge < -0.3 is 44.9 Å². The number of allylic oxidation sites excluding steroid dienone is 2. The lowest BCUT2D eigenvalue weighted by molar-refractivity contribution is -0.0385. The molecule has 0 bridgehead atoms. The maximum absolute atomic E-state index is 6.06. The minimum Gasteiger partial charge on any atom is -0.470 e. The second-order valence-corrected chi connectivity index (χ2v) is 10.7. The molecule has 0 fully saturated rings. The molecule has 196 valence electrons. The molecule has 0 radical (unpaired) electrons. The lowest BCUT2D eigenvalue weighted by atomic mass is 10.1. The molecule has 0 rings (SSSR count). The van der Waals surface area contributed by atoms with E-state index < -0.39 is 18.1 Å². The molecule has 0 aliphatic carbocycles. The van der Waals surface area contributed by atoms with Gasteiger partial charge in [-0.1, -0.05) is 0 Å². The monoisotopic (exact) mass is 512 g/mol. The van der Waals surface area contributed by atoms with E-state index in [0.717, 1.165) is 11.1 Å². The van der Waals surface area contributed by atoms with E-state index in [-0.39, 0.29) is 11.9 Å². The average Bonchev–Trinajstić information content (AvgIpc) is 2.76. The molecular weight excluding hydrogens is 468 g/mol. The van der Waals surface area contributed by atoms with Crippen LogP contribution in [-0.2, 0) is 44.9 Å². The van der Waals surface area contributed by atoms with Gasteiger partial charge in [-0.2, -0.15) is 0 Å². The van der Waals surface area contributed by atoms with Crippen LogP contribution >= 0.6 is 0 Å². The van der Waals surface area contributed by atoms with Crippen molar-refractivity contribution in [3.63, 3.8) is 0 Å². The van der Waals surface area contributed by atoms with Crippen molar-refractivity contribution in [3.05, 3.63) is 23.0 Å². The van der Waals surface area contributed by atoms with Crippen LogP contribution in [-0.4, -0.2) is 72.0 Å². The van der Waals surface area contributed by atoms with Gasteiger partial charge in [0, 0.05) is 57.2 Å². The van der Waals surface area contributed by atoms with E-state index >= 15 is 0 Å². The first-order chi connectivity index (χ1) is 15.8. The fraction of sp³-hybridized carbons (Fsp3) is 0.810. The van der Waals surface area contributed by atoms with E-state index in [9.17, 15) is 0 Å². The van der Waals surface area contributed by atoms with E-state index in [0.29, 0.717) is 46.1 Å². The van der Waals surface area contributed by atoms with Gasteiger partial charge >= 0.3 is 18.1 Å². The van der Waals surface area contributed by atoms with Crippen molar-refractivity contribution in [2.75, 3.05) is 53.9 Å². The lowest BCUT2D eigenvalue weighted by Crippen LogP contribution is -2.49. The van der Waals surface area contributed by atoms with Crippen molar-refractivity contribution in [3.8, 4) is 0 Å². The largest absolute Gasteiger partial charge is 0.751 e. The highest BCUT2D eigenvalue weighted by atomic mass is 28.4. The normalized spacial score (nSPS) is 13.9. The third-order valence-electron chi connectivity index (χ3n) is 3.96. The quantitative estimate of drug-likeness (QED) is 0.174. The standard InChI is InChI=1S/C21H44O10Si2/c1-11-24-32(25-12-2,26-13-3)30-20(22-9)18(7)17-19(8)21(23-10)31-33(27-14-4,28-15-5)29-16-6/h11-17H2,1-10H3/b20-18+,21-19+. The molecule has 0 aromatic carbocycles. The Labute approximate surface area is 202 Å². The van der Waals surface area contributed by atoms with E-state index in [1.54, 1.807) is 0 Å². The highest BCUT2D eigenvalue weighted by Gasteiger charge is 2.50. The smallest absolute Gasteiger partial charge is 0.470 e. The Kier molecular flexibility index (Phi) is 16.7. The van der Waals surface area contributed by atoms with Gasteiger partial charge in [-0.25, -0.2) is 0 Å². The molecule has 0 N–H and O–H groups in total. The Morgan fingerprint density at radius 1 is 0.485 bits per heavy atom. The zero-order valence-electron chi connectivity index (χ0n) is 22.0. The molecule has 12 heteroatoms. The minimum atomic E-state index is -3.41. The van der Waals surface area contributed by atoms with Gasteiger partial charge in [-0.05, 0) is 55.4 Å². The Balaban J connectivity index is 5.96. The highest BCUT2D eigenvalue weighted by molar-refractivity contribution is 6.54. The first-order valence-corrected chi connectivity index (χ1v) is 14.7. The minimum absolute atomic E-state index is 0.259. The van der Waals surface area contributed by atoms with Crippen LogP contribution in [0.15, 0.2) is 23.0 Å². The van der Waals surface area contributed by atoms with Crippen molar-refractivity contribution >= 4 is 18.1 Å². The van der Waals surface area contributed by atoms with Crippen molar-refractivity contribution < 1.29 is 44.9 Å². The first-order valence-electron chi connectivity index (χ1n) is 11.4. The molecule has 0 saturated carbocycles. The second kappa shape index (κ2) is 17.3. The molecule has 33 heavy (non-hydrogen) atoms. The fourth-order valence-electron chi connectivity index (χ4n) is 2.86. The predicted molar refractivity (Wildman–Crippen MR) is 127 cm³/mol. The summed E-state index contributed by atoms with van der Waals surface area (Å²) in [6, 6.07) is 0. The lowest BCUT2D eigenvalue weighted by Gasteiger charge is -2.29. The average molecular weight is 513 g/mol. The number of rotatable bonds is 20. The Morgan fingerprint density at radius 2 is 0.727 bits per heavy atom. The second-order valence-electron chi connectivity index (χ2n) is 6.52. The van der Waals surface area contributed by atoms with Gasteiger partial charge in [0.15, 0.2) is 0 Å². The van der Waals surface area contributed by atoms with Crippen molar-refractivity contribution in [2.45, 2.75) is 61.8 Å². The summed E-state index contributed by atoms with van der Waals surface area (Å²) in [5, 5.41) is 0. The summed E-state index contributed by atoms with van der Waals surface area (Å²) in [6.07, 6.45) is 0.413. The summed E-state index contributed by atoms with van der Waals surface area (Å²) in [4.78, 5) is 0. The summed E-state index contributed by atoms with van der Waals surface area (Å²) >= 11 is 0. The van der Waals surface area contributed by atoms with E-state index in [1.165, 1.54) is 14.2 Å². The predicted octanol–water partition coefficient (Wildman–Crippen LogP) is 4.26. The van der Waals surface area contributed by atoms with Gasteiger partial charge in [-0.3, -0.25) is 0 Å². The fourth-order valence-corrected chi connectivity index (χ4v) is 6.81. The summed E-state index contributed by atoms with van der Waals surface area (Å²) in [5.74, 6) is 0.518. The summed E-state index contributed by atoms with van der Waals surface area (Å²) < 4.78 is 57.8. The molecule has 0 heterocycles. The van der Waals surface area contributed by atoms with Gasteiger partial charge in [0.05, 0.1) is 14.2 Å². The molecule has 0 aliphatic rings. The highest BCUT2D eigenvalue weighted by Crippen LogP contribution is 2.26. The molecule has 0 amide bonds. The third-order valence-corrected chi connectivity index (χ3v) is 8.68. The number of methoxy groups -OCH3 is 2. The molecule has 0 unspecified atom stereocenters. The maximum atomic E-state index is 6.06. The van der Waals surface area contributed by atoms with Gasteiger partial charge in [-0.15, -0.1) is 0 Å². The Morgan fingerprint density at radius 3 is 0.909 bits per heavy atom.